The summed E-state index contributed by atoms with van der Waals surface area (Å²) in [6.45, 7) is 0.292. The molecule has 37 heavy (non-hydrogen) atoms. The first-order valence-electron chi connectivity index (χ1n) is 10.7. The van der Waals surface area contributed by atoms with E-state index < -0.39 is 43.5 Å². The lowest BCUT2D eigenvalue weighted by Gasteiger charge is -2.30. The fourth-order valence-electron chi connectivity index (χ4n) is 4.14. The van der Waals surface area contributed by atoms with Gasteiger partial charge in [0.1, 0.15) is 5.82 Å². The maximum absolute atomic E-state index is 12.9. The van der Waals surface area contributed by atoms with Crippen molar-refractivity contribution >= 4 is 43.9 Å². The minimum Gasteiger partial charge on any atom is -0.368 e. The Labute approximate surface area is 216 Å². The number of pyridine rings is 1. The number of hydrogen-bond acceptors (Lipinski definition) is 7. The van der Waals surface area contributed by atoms with Crippen LogP contribution in [0.5, 0.6) is 0 Å². The predicted octanol–water partition coefficient (Wildman–Crippen LogP) is 6.35. The molecule has 16 heteroatoms. The summed E-state index contributed by atoms with van der Waals surface area (Å²) < 4.78 is 104. The van der Waals surface area contributed by atoms with E-state index in [1.165, 1.54) is 12.1 Å². The van der Waals surface area contributed by atoms with Crippen molar-refractivity contribution in [2.75, 3.05) is 16.6 Å². The lowest BCUT2D eigenvalue weighted by Crippen LogP contribution is -2.32. The Morgan fingerprint density at radius 1 is 1.00 bits per heavy atom. The Hall–Kier alpha value is -2.65. The van der Waals surface area contributed by atoms with Crippen molar-refractivity contribution in [1.29, 1.82) is 0 Å². The van der Waals surface area contributed by atoms with Crippen LogP contribution in [0.25, 0.3) is 0 Å². The third-order valence-electron chi connectivity index (χ3n) is 5.99. The molecule has 1 aliphatic carbocycles. The van der Waals surface area contributed by atoms with Gasteiger partial charge in [0.2, 0.25) is 10.1 Å². The molecule has 0 bridgehead atoms. The van der Waals surface area contributed by atoms with Gasteiger partial charge in [0, 0.05) is 18.2 Å². The number of hydrogen-bond donors (Lipinski definition) is 2. The van der Waals surface area contributed by atoms with Crippen molar-refractivity contribution in [2.45, 2.75) is 48.3 Å². The number of rotatable bonds is 7. The average Bonchev–Trinajstić information content (AvgIpc) is 3.48. The maximum atomic E-state index is 12.9. The molecule has 1 aromatic carbocycles. The Bertz CT molecular complexity index is 1370. The number of halogens is 7. The molecule has 0 saturated heterocycles. The summed E-state index contributed by atoms with van der Waals surface area (Å²) in [5, 5.41) is 7.22. The van der Waals surface area contributed by atoms with Crippen molar-refractivity contribution in [1.82, 2.24) is 15.2 Å². The minimum absolute atomic E-state index is 0.0672. The highest BCUT2D eigenvalue weighted by molar-refractivity contribution is 7.93. The molecule has 0 aliphatic heterocycles. The van der Waals surface area contributed by atoms with E-state index in [0.29, 0.717) is 12.7 Å². The predicted molar refractivity (Wildman–Crippen MR) is 125 cm³/mol. The van der Waals surface area contributed by atoms with Crippen LogP contribution in [0.1, 0.15) is 41.8 Å². The first kappa shape index (κ1) is 27.4. The number of aromatic nitrogens is 3. The number of anilines is 2. The topological polar surface area (TPSA) is 96.9 Å². The molecular formula is C21H18ClF6N5O2S2. The summed E-state index contributed by atoms with van der Waals surface area (Å²) in [6.07, 6.45) is -5.40. The van der Waals surface area contributed by atoms with Crippen LogP contribution in [-0.2, 0) is 27.8 Å². The highest BCUT2D eigenvalue weighted by Crippen LogP contribution is 2.42. The molecule has 0 radical (unpaired) electrons. The molecule has 1 fully saturated rings. The monoisotopic (exact) mass is 585 g/mol. The molecule has 0 spiro atoms. The number of benzene rings is 1. The van der Waals surface area contributed by atoms with Gasteiger partial charge in [-0.3, -0.25) is 4.72 Å². The van der Waals surface area contributed by atoms with Crippen molar-refractivity contribution in [3.8, 4) is 0 Å². The van der Waals surface area contributed by atoms with E-state index in [1.807, 2.05) is 4.72 Å². The summed E-state index contributed by atoms with van der Waals surface area (Å²) >= 11 is 6.07. The van der Waals surface area contributed by atoms with Crippen LogP contribution >= 0.6 is 22.9 Å². The zero-order chi connectivity index (χ0) is 27.1. The van der Waals surface area contributed by atoms with E-state index in [9.17, 15) is 34.8 Å². The van der Waals surface area contributed by atoms with E-state index in [2.05, 4.69) is 20.5 Å². The first-order valence-corrected chi connectivity index (χ1v) is 13.4. The second kappa shape index (κ2) is 9.91. The Morgan fingerprint density at radius 3 is 2.19 bits per heavy atom. The Kier molecular flexibility index (Phi) is 7.33. The summed E-state index contributed by atoms with van der Waals surface area (Å²) in [5.74, 6) is 0.0969. The zero-order valence-electron chi connectivity index (χ0n) is 18.6. The molecule has 1 saturated carbocycles. The number of nitrogens with one attached hydrogen (secondary N) is 2. The third-order valence-corrected chi connectivity index (χ3v) is 8.65. The van der Waals surface area contributed by atoms with Gasteiger partial charge in [-0.25, -0.2) is 13.4 Å². The standard InChI is InChI=1S/C21H18ClF6N5O2S2/c22-15-9-13(20(23,24)25)10-29-16(15)30-11-19(7-1-2-8-19)12-3-5-14(6-4-12)37(34,35)33-18-32-31-17(36-18)21(26,27)28/h3-6,9-10H,1-2,7-8,11H2,(H,29,30)(H,32,33). The molecule has 3 aromatic rings. The lowest BCUT2D eigenvalue weighted by molar-refractivity contribution is -0.138. The molecule has 2 heterocycles. The number of nitrogens with zero attached hydrogens (tertiary/aromatic N) is 3. The minimum atomic E-state index is -4.74. The van der Waals surface area contributed by atoms with Crippen LogP contribution in [0.4, 0.5) is 37.3 Å². The van der Waals surface area contributed by atoms with Gasteiger partial charge < -0.3 is 5.32 Å². The lowest BCUT2D eigenvalue weighted by atomic mass is 9.79. The molecule has 0 amide bonds. The van der Waals surface area contributed by atoms with Gasteiger partial charge in [-0.1, -0.05) is 47.9 Å². The smallest absolute Gasteiger partial charge is 0.368 e. The fourth-order valence-corrected chi connectivity index (χ4v) is 6.21. The second-order valence-electron chi connectivity index (χ2n) is 8.43. The van der Waals surface area contributed by atoms with Crippen molar-refractivity contribution in [2.24, 2.45) is 0 Å². The molecule has 1 aliphatic rings. The summed E-state index contributed by atoms with van der Waals surface area (Å²) in [6, 6.07) is 6.65. The van der Waals surface area contributed by atoms with Gasteiger partial charge in [-0.2, -0.15) is 26.3 Å². The third kappa shape index (κ3) is 6.09. The average molecular weight is 586 g/mol. The fraction of sp³-hybridized carbons (Fsp3) is 0.381. The molecular weight excluding hydrogens is 568 g/mol. The molecule has 2 N–H and O–H groups in total. The van der Waals surface area contributed by atoms with Gasteiger partial charge in [0.25, 0.3) is 10.0 Å². The van der Waals surface area contributed by atoms with E-state index in [-0.39, 0.29) is 27.1 Å². The summed E-state index contributed by atoms with van der Waals surface area (Å²) in [7, 11) is -4.23. The van der Waals surface area contributed by atoms with Crippen LogP contribution < -0.4 is 10.0 Å². The normalized spacial score (nSPS) is 16.1. The highest BCUT2D eigenvalue weighted by Gasteiger charge is 2.38. The Balaban J connectivity index is 1.50. The van der Waals surface area contributed by atoms with E-state index in [4.69, 9.17) is 11.6 Å². The van der Waals surface area contributed by atoms with Crippen LogP contribution in [0, 0.1) is 0 Å². The molecule has 2 aromatic heterocycles. The van der Waals surface area contributed by atoms with E-state index in [1.54, 1.807) is 12.1 Å². The van der Waals surface area contributed by atoms with Crippen LogP contribution in [0.15, 0.2) is 41.4 Å². The molecule has 7 nitrogen and oxygen atoms in total. The van der Waals surface area contributed by atoms with Gasteiger partial charge in [0.05, 0.1) is 15.5 Å². The van der Waals surface area contributed by atoms with Gasteiger partial charge in [-0.05, 0) is 36.6 Å². The SMILES string of the molecule is O=S(=O)(Nc1nnc(C(F)(F)F)s1)c1ccc(C2(CNc3ncc(C(F)(F)F)cc3Cl)CCCC2)cc1. The highest BCUT2D eigenvalue weighted by atomic mass is 35.5. The molecule has 0 unspecified atom stereocenters. The van der Waals surface area contributed by atoms with Crippen LogP contribution in [0.3, 0.4) is 0 Å². The first-order chi connectivity index (χ1) is 17.2. The van der Waals surface area contributed by atoms with E-state index >= 15 is 0 Å². The number of alkyl halides is 6. The van der Waals surface area contributed by atoms with Crippen molar-refractivity contribution in [3.63, 3.8) is 0 Å². The van der Waals surface area contributed by atoms with Crippen LogP contribution in [0.2, 0.25) is 5.02 Å². The number of sulfonamides is 1. The maximum Gasteiger partial charge on any atom is 0.445 e. The summed E-state index contributed by atoms with van der Waals surface area (Å²) in [5.41, 5.74) is -0.633. The Morgan fingerprint density at radius 2 is 1.65 bits per heavy atom. The van der Waals surface area contributed by atoms with E-state index in [0.717, 1.165) is 37.3 Å². The molecule has 0 atom stereocenters. The van der Waals surface area contributed by atoms with Crippen LogP contribution in [-0.4, -0.2) is 30.1 Å². The van der Waals surface area contributed by atoms with Gasteiger partial charge >= 0.3 is 12.4 Å². The largest absolute Gasteiger partial charge is 0.445 e. The second-order valence-corrected chi connectivity index (χ2v) is 11.5. The summed E-state index contributed by atoms with van der Waals surface area (Å²) in [4.78, 5) is 3.62. The van der Waals surface area contributed by atoms with Gasteiger partial charge in [0.15, 0.2) is 0 Å². The molecule has 200 valence electrons. The van der Waals surface area contributed by atoms with Crippen molar-refractivity contribution < 1.29 is 34.8 Å². The zero-order valence-corrected chi connectivity index (χ0v) is 21.0. The molecule has 4 rings (SSSR count). The van der Waals surface area contributed by atoms with Crippen molar-refractivity contribution in [3.05, 3.63) is 57.7 Å². The van der Waals surface area contributed by atoms with Gasteiger partial charge in [-0.15, -0.1) is 10.2 Å². The quantitative estimate of drug-likeness (QED) is 0.314.